The topological polar surface area (TPSA) is 112 Å². The zero-order valence-corrected chi connectivity index (χ0v) is 15.9. The normalized spacial score (nSPS) is 10.6. The van der Waals surface area contributed by atoms with Crippen LogP contribution < -0.4 is 10.7 Å². The quantitative estimate of drug-likeness (QED) is 0.467. The van der Waals surface area contributed by atoms with Crippen LogP contribution in [0.1, 0.15) is 13.8 Å². The second-order valence-corrected chi connectivity index (χ2v) is 5.88. The molecule has 1 aromatic heterocycles. The molecule has 0 unspecified atom stereocenters. The van der Waals surface area contributed by atoms with Crippen molar-refractivity contribution in [1.82, 2.24) is 14.5 Å². The van der Waals surface area contributed by atoms with Crippen LogP contribution in [0.5, 0.6) is 0 Å². The monoisotopic (exact) mass is 397 g/mol. The summed E-state index contributed by atoms with van der Waals surface area (Å²) < 4.78 is 7.34. The first-order valence-corrected chi connectivity index (χ1v) is 8.94. The van der Waals surface area contributed by atoms with Crippen LogP contribution in [0.2, 0.25) is 0 Å². The summed E-state index contributed by atoms with van der Waals surface area (Å²) in [6, 6.07) is 14.3. The van der Waals surface area contributed by atoms with Crippen LogP contribution in [0.3, 0.4) is 0 Å². The first-order chi connectivity index (χ1) is 14.0. The summed E-state index contributed by atoms with van der Waals surface area (Å²) in [6.07, 6.45) is -0.701. The van der Waals surface area contributed by atoms with Crippen molar-refractivity contribution in [2.24, 2.45) is 0 Å². The fraction of sp³-hybridized carbons (Fsp3) is 0.211. The molecule has 0 saturated carbocycles. The van der Waals surface area contributed by atoms with E-state index in [1.807, 2.05) is 0 Å². The molecule has 0 aliphatic carbocycles. The van der Waals surface area contributed by atoms with E-state index < -0.39 is 16.7 Å². The summed E-state index contributed by atoms with van der Waals surface area (Å²) in [6.45, 7) is 3.66. The molecular weight excluding hydrogens is 378 g/mol. The number of aromatic nitrogens is 3. The number of nitrogens with zero attached hydrogens (tertiary/aromatic N) is 5. The van der Waals surface area contributed by atoms with Gasteiger partial charge in [-0.15, -0.1) is 5.10 Å². The number of hydrogen-bond donors (Lipinski definition) is 0. The Morgan fingerprint density at radius 2 is 1.79 bits per heavy atom. The summed E-state index contributed by atoms with van der Waals surface area (Å²) in [7, 11) is 0. The van der Waals surface area contributed by atoms with Gasteiger partial charge in [0.2, 0.25) is 0 Å². The van der Waals surface area contributed by atoms with E-state index in [1.165, 1.54) is 28.9 Å². The predicted octanol–water partition coefficient (Wildman–Crippen LogP) is 2.72. The minimum atomic E-state index is -0.701. The van der Waals surface area contributed by atoms with Gasteiger partial charge in [-0.05, 0) is 38.1 Å². The number of amides is 1. The summed E-state index contributed by atoms with van der Waals surface area (Å²) >= 11 is 0. The Bertz CT molecular complexity index is 1070. The van der Waals surface area contributed by atoms with Crippen molar-refractivity contribution in [2.75, 3.05) is 18.2 Å². The lowest BCUT2D eigenvalue weighted by atomic mass is 10.2. The van der Waals surface area contributed by atoms with Gasteiger partial charge in [-0.3, -0.25) is 10.1 Å². The number of hydrogen-bond acceptors (Lipinski definition) is 6. The van der Waals surface area contributed by atoms with Gasteiger partial charge in [0.15, 0.2) is 5.82 Å². The van der Waals surface area contributed by atoms with E-state index in [0.717, 1.165) is 9.69 Å². The molecule has 0 radical (unpaired) electrons. The first-order valence-electron chi connectivity index (χ1n) is 8.94. The number of carbonyl (C=O) groups is 1. The van der Waals surface area contributed by atoms with Gasteiger partial charge in [-0.25, -0.2) is 14.6 Å². The number of nitro benzene ring substituents is 1. The van der Waals surface area contributed by atoms with E-state index in [1.54, 1.807) is 44.2 Å². The molecule has 0 aliphatic heterocycles. The molecule has 10 nitrogen and oxygen atoms in total. The van der Waals surface area contributed by atoms with Gasteiger partial charge in [-0.1, -0.05) is 18.2 Å². The molecule has 2 aromatic carbocycles. The molecule has 1 heterocycles. The summed E-state index contributed by atoms with van der Waals surface area (Å²) in [4.78, 5) is 36.0. The fourth-order valence-corrected chi connectivity index (χ4v) is 2.78. The Labute approximate surface area is 165 Å². The van der Waals surface area contributed by atoms with Crippen molar-refractivity contribution in [1.29, 1.82) is 0 Å². The van der Waals surface area contributed by atoms with Gasteiger partial charge >= 0.3 is 11.8 Å². The molecule has 1 amide bonds. The molecule has 3 rings (SSSR count). The van der Waals surface area contributed by atoms with Crippen LogP contribution in [-0.2, 0) is 4.74 Å². The highest BCUT2D eigenvalue weighted by Gasteiger charge is 2.25. The van der Waals surface area contributed by atoms with E-state index >= 15 is 0 Å². The third-order valence-electron chi connectivity index (χ3n) is 4.11. The van der Waals surface area contributed by atoms with Gasteiger partial charge in [0.05, 0.1) is 17.2 Å². The third kappa shape index (κ3) is 3.86. The Kier molecular flexibility index (Phi) is 5.72. The Morgan fingerprint density at radius 1 is 1.14 bits per heavy atom. The highest BCUT2D eigenvalue weighted by atomic mass is 16.6. The number of para-hydroxylation sites is 1. The zero-order chi connectivity index (χ0) is 21.0. The van der Waals surface area contributed by atoms with Gasteiger partial charge in [-0.2, -0.15) is 9.36 Å². The minimum Gasteiger partial charge on any atom is -0.448 e. The molecule has 0 saturated heterocycles. The van der Waals surface area contributed by atoms with E-state index in [4.69, 9.17) is 4.74 Å². The highest BCUT2D eigenvalue weighted by Crippen LogP contribution is 2.21. The molecule has 0 fully saturated rings. The molecule has 3 aromatic rings. The number of ether oxygens (including phenoxy) is 1. The number of benzene rings is 2. The van der Waals surface area contributed by atoms with Crippen molar-refractivity contribution in [3.05, 3.63) is 75.2 Å². The molecule has 0 aliphatic rings. The Morgan fingerprint density at radius 3 is 2.34 bits per heavy atom. The maximum atomic E-state index is 13.2. The van der Waals surface area contributed by atoms with Crippen LogP contribution in [0, 0.1) is 10.1 Å². The average molecular weight is 397 g/mol. The Hall–Kier alpha value is -3.95. The highest BCUT2D eigenvalue weighted by molar-refractivity contribution is 5.79. The summed E-state index contributed by atoms with van der Waals surface area (Å²) in [5, 5.41) is 16.5. The average Bonchev–Trinajstić information content (AvgIpc) is 3.07. The van der Waals surface area contributed by atoms with Crippen molar-refractivity contribution in [2.45, 2.75) is 13.8 Å². The largest absolute Gasteiger partial charge is 0.448 e. The minimum absolute atomic E-state index is 0.0946. The molecule has 10 heteroatoms. The number of rotatable bonds is 6. The van der Waals surface area contributed by atoms with Gasteiger partial charge < -0.3 is 4.74 Å². The molecular formula is C19H19N5O5. The number of non-ortho nitro benzene ring substituents is 1. The maximum Gasteiger partial charge on any atom is 0.429 e. The van der Waals surface area contributed by atoms with Crippen molar-refractivity contribution < 1.29 is 14.5 Å². The molecule has 0 bridgehead atoms. The lowest BCUT2D eigenvalue weighted by Gasteiger charge is -2.21. The molecule has 29 heavy (non-hydrogen) atoms. The Balaban J connectivity index is 2.21. The number of nitro groups is 1. The summed E-state index contributed by atoms with van der Waals surface area (Å²) in [5.41, 5.74) is 0.284. The lowest BCUT2D eigenvalue weighted by Crippen LogP contribution is -2.47. The van der Waals surface area contributed by atoms with Gasteiger partial charge in [0.1, 0.15) is 0 Å². The van der Waals surface area contributed by atoms with Crippen LogP contribution >= 0.6 is 0 Å². The standard InChI is InChI=1S/C19H19N5O5/c1-3-21(19(26)29-4-2)23-17(14-10-12-16(13-11-14)24(27)28)20-22(18(23)25)15-8-6-5-7-9-15/h5-13H,3-4H2,1-2H3. The molecule has 150 valence electrons. The maximum absolute atomic E-state index is 13.2. The zero-order valence-electron chi connectivity index (χ0n) is 15.9. The van der Waals surface area contributed by atoms with Gasteiger partial charge in [0.25, 0.3) is 5.69 Å². The smallest absolute Gasteiger partial charge is 0.429 e. The van der Waals surface area contributed by atoms with E-state index in [-0.39, 0.29) is 24.7 Å². The van der Waals surface area contributed by atoms with E-state index in [2.05, 4.69) is 5.10 Å². The second-order valence-electron chi connectivity index (χ2n) is 5.88. The first kappa shape index (κ1) is 19.8. The molecule has 0 N–H and O–H groups in total. The molecule has 0 atom stereocenters. The van der Waals surface area contributed by atoms with Gasteiger partial charge in [0, 0.05) is 24.2 Å². The lowest BCUT2D eigenvalue weighted by molar-refractivity contribution is -0.384. The predicted molar refractivity (Wildman–Crippen MR) is 106 cm³/mol. The fourth-order valence-electron chi connectivity index (χ4n) is 2.78. The van der Waals surface area contributed by atoms with Crippen molar-refractivity contribution in [3.63, 3.8) is 0 Å². The summed E-state index contributed by atoms with van der Waals surface area (Å²) in [5.74, 6) is 0.156. The SMILES string of the molecule is CCOC(=O)N(CC)n1c(-c2ccc([N+](=O)[O-])cc2)nn(-c2ccccc2)c1=O. The van der Waals surface area contributed by atoms with Crippen molar-refractivity contribution in [3.8, 4) is 17.1 Å². The number of carbonyl (C=O) groups excluding carboxylic acids is 1. The van der Waals surface area contributed by atoms with E-state index in [0.29, 0.717) is 11.3 Å². The van der Waals surface area contributed by atoms with Crippen LogP contribution in [-0.4, -0.2) is 38.6 Å². The third-order valence-corrected chi connectivity index (χ3v) is 4.11. The van der Waals surface area contributed by atoms with Crippen LogP contribution in [0.4, 0.5) is 10.5 Å². The second kappa shape index (κ2) is 8.38. The van der Waals surface area contributed by atoms with E-state index in [9.17, 15) is 19.7 Å². The van der Waals surface area contributed by atoms with Crippen molar-refractivity contribution >= 4 is 11.8 Å². The van der Waals surface area contributed by atoms with Crippen LogP contribution in [0.15, 0.2) is 59.4 Å². The molecule has 0 spiro atoms. The van der Waals surface area contributed by atoms with Crippen LogP contribution in [0.25, 0.3) is 17.1 Å².